The first-order valence-electron chi connectivity index (χ1n) is 10.7. The van der Waals surface area contributed by atoms with Crippen molar-refractivity contribution < 1.29 is 9.53 Å². The zero-order valence-electron chi connectivity index (χ0n) is 19.1. The number of aromatic nitrogens is 4. The fourth-order valence-corrected chi connectivity index (χ4v) is 3.89. The predicted molar refractivity (Wildman–Crippen MR) is 136 cm³/mol. The molecule has 0 bridgehead atoms. The van der Waals surface area contributed by atoms with E-state index in [1.165, 1.54) is 5.56 Å². The number of hydrogen-bond donors (Lipinski definition) is 1. The number of carbonyl (C=O) groups excluding carboxylic acids is 1. The molecule has 4 rings (SSSR count). The van der Waals surface area contributed by atoms with Crippen molar-refractivity contribution in [3.8, 4) is 5.75 Å². The number of benzene rings is 2. The fraction of sp³-hybridized carbons (Fsp3) is 0.240. The molecule has 0 aliphatic rings. The van der Waals surface area contributed by atoms with E-state index in [1.54, 1.807) is 27.8 Å². The van der Waals surface area contributed by atoms with Crippen molar-refractivity contribution in [1.82, 2.24) is 19.6 Å². The van der Waals surface area contributed by atoms with Crippen molar-refractivity contribution in [1.29, 1.82) is 0 Å². The Kier molecular flexibility index (Phi) is 7.09. The minimum Gasteiger partial charge on any atom is -0.471 e. The molecule has 0 radical (unpaired) electrons. The molecule has 2 aromatic carbocycles. The minimum atomic E-state index is -0.364. The maximum atomic E-state index is 12.7. The highest BCUT2D eigenvalue weighted by Gasteiger charge is 2.16. The molecule has 0 atom stereocenters. The highest BCUT2D eigenvalue weighted by molar-refractivity contribution is 9.10. The third-order valence-electron chi connectivity index (χ3n) is 5.20. The molecule has 1 amide bonds. The van der Waals surface area contributed by atoms with Gasteiger partial charge in [0.25, 0.3) is 5.91 Å². The van der Waals surface area contributed by atoms with Gasteiger partial charge in [-0.05, 0) is 56.7 Å². The van der Waals surface area contributed by atoms with Gasteiger partial charge in [0.15, 0.2) is 18.2 Å². The first-order chi connectivity index (χ1) is 16.2. The fourth-order valence-electron chi connectivity index (χ4n) is 3.28. The maximum Gasteiger partial charge on any atom is 0.277 e. The van der Waals surface area contributed by atoms with Crippen molar-refractivity contribution >= 4 is 39.3 Å². The van der Waals surface area contributed by atoms with Crippen molar-refractivity contribution in [3.05, 3.63) is 93.3 Å². The van der Waals surface area contributed by atoms with Crippen LogP contribution < -0.4 is 10.1 Å². The van der Waals surface area contributed by atoms with Crippen LogP contribution in [0.1, 0.15) is 42.4 Å². The van der Waals surface area contributed by atoms with Gasteiger partial charge in [-0.2, -0.15) is 10.2 Å². The van der Waals surface area contributed by atoms with E-state index in [4.69, 9.17) is 16.3 Å². The number of hydrogen-bond acceptors (Lipinski definition) is 4. The van der Waals surface area contributed by atoms with E-state index in [9.17, 15) is 4.79 Å². The summed E-state index contributed by atoms with van der Waals surface area (Å²) in [6.07, 6.45) is 3.49. The van der Waals surface area contributed by atoms with Crippen LogP contribution in [0.2, 0.25) is 5.02 Å². The lowest BCUT2D eigenvalue weighted by Crippen LogP contribution is -2.15. The van der Waals surface area contributed by atoms with Crippen molar-refractivity contribution in [2.75, 3.05) is 5.32 Å². The van der Waals surface area contributed by atoms with Crippen LogP contribution in [0, 0.1) is 0 Å². The first-order valence-corrected chi connectivity index (χ1v) is 11.9. The molecule has 0 saturated heterocycles. The summed E-state index contributed by atoms with van der Waals surface area (Å²) in [5.41, 5.74) is 2.52. The van der Waals surface area contributed by atoms with Crippen LogP contribution in [0.15, 0.2) is 71.5 Å². The topological polar surface area (TPSA) is 74.0 Å². The quantitative estimate of drug-likeness (QED) is 0.305. The van der Waals surface area contributed by atoms with Crippen molar-refractivity contribution in [3.63, 3.8) is 0 Å². The van der Waals surface area contributed by atoms with E-state index in [2.05, 4.69) is 64.3 Å². The largest absolute Gasteiger partial charge is 0.471 e. The molecule has 2 aromatic heterocycles. The Balaban J connectivity index is 1.35. The Morgan fingerprint density at radius 3 is 2.50 bits per heavy atom. The summed E-state index contributed by atoms with van der Waals surface area (Å²) in [6, 6.07) is 17.2. The Labute approximate surface area is 211 Å². The van der Waals surface area contributed by atoms with Gasteiger partial charge in [-0.25, -0.2) is 4.68 Å². The number of carbonyl (C=O) groups is 1. The van der Waals surface area contributed by atoms with Crippen molar-refractivity contribution in [2.45, 2.75) is 39.5 Å². The van der Waals surface area contributed by atoms with Crippen LogP contribution in [0.3, 0.4) is 0 Å². The molecule has 0 aliphatic heterocycles. The van der Waals surface area contributed by atoms with Gasteiger partial charge in [0.1, 0.15) is 5.75 Å². The average molecular weight is 543 g/mol. The summed E-state index contributed by atoms with van der Waals surface area (Å²) in [5.74, 6) is 0.779. The van der Waals surface area contributed by atoms with E-state index in [-0.39, 0.29) is 23.7 Å². The average Bonchev–Trinajstić information content (AvgIpc) is 3.40. The number of halogens is 2. The summed E-state index contributed by atoms with van der Waals surface area (Å²) in [4.78, 5) is 12.7. The Hall–Kier alpha value is -3.10. The second-order valence-electron chi connectivity index (χ2n) is 8.86. The Bertz CT molecular complexity index is 1290. The third-order valence-corrected chi connectivity index (χ3v) is 6.15. The molecule has 0 spiro atoms. The number of anilines is 1. The highest BCUT2D eigenvalue weighted by Crippen LogP contribution is 2.25. The van der Waals surface area contributed by atoms with Crippen LogP contribution in [-0.4, -0.2) is 25.5 Å². The molecule has 2 heterocycles. The molecule has 0 unspecified atom stereocenters. The molecule has 9 heteroatoms. The second-order valence-corrected chi connectivity index (χ2v) is 10.1. The zero-order valence-corrected chi connectivity index (χ0v) is 21.5. The number of amides is 1. The van der Waals surface area contributed by atoms with Gasteiger partial charge in [0.05, 0.1) is 11.0 Å². The van der Waals surface area contributed by atoms with Crippen LogP contribution >= 0.6 is 27.5 Å². The van der Waals surface area contributed by atoms with Crippen LogP contribution in [0.5, 0.6) is 5.75 Å². The Morgan fingerprint density at radius 1 is 1.06 bits per heavy atom. The number of nitrogens with one attached hydrogen (secondary N) is 1. The summed E-state index contributed by atoms with van der Waals surface area (Å²) in [5, 5.41) is 12.2. The van der Waals surface area contributed by atoms with Crippen LogP contribution in [-0.2, 0) is 18.7 Å². The van der Waals surface area contributed by atoms with E-state index in [1.807, 2.05) is 36.4 Å². The minimum absolute atomic E-state index is 0.0855. The molecular weight excluding hydrogens is 518 g/mol. The first kappa shape index (κ1) is 24.0. The summed E-state index contributed by atoms with van der Waals surface area (Å²) in [6.45, 7) is 7.18. The van der Waals surface area contributed by atoms with E-state index < -0.39 is 0 Å². The van der Waals surface area contributed by atoms with E-state index >= 15 is 0 Å². The third kappa shape index (κ3) is 5.87. The van der Waals surface area contributed by atoms with Gasteiger partial charge in [-0.3, -0.25) is 9.48 Å². The van der Waals surface area contributed by atoms with Gasteiger partial charge in [-0.1, -0.05) is 62.7 Å². The summed E-state index contributed by atoms with van der Waals surface area (Å²) < 4.78 is 9.73. The SMILES string of the molecule is CC(C)(C)c1ccc(OCn2ccc(C(=O)Nc3nn(Cc4ccccc4Cl)cc3Br)n2)cc1. The lowest BCUT2D eigenvalue weighted by Gasteiger charge is -2.19. The molecule has 0 aliphatic carbocycles. The molecule has 1 N–H and O–H groups in total. The predicted octanol–water partition coefficient (Wildman–Crippen LogP) is 6.13. The van der Waals surface area contributed by atoms with Crippen molar-refractivity contribution in [2.24, 2.45) is 0 Å². The van der Waals surface area contributed by atoms with Crippen LogP contribution in [0.25, 0.3) is 0 Å². The molecular formula is C25H25BrClN5O2. The van der Waals surface area contributed by atoms with Gasteiger partial charge in [0, 0.05) is 17.4 Å². The molecule has 176 valence electrons. The summed E-state index contributed by atoms with van der Waals surface area (Å²) >= 11 is 9.68. The Morgan fingerprint density at radius 2 is 1.79 bits per heavy atom. The smallest absolute Gasteiger partial charge is 0.277 e. The number of nitrogens with zero attached hydrogens (tertiary/aromatic N) is 4. The molecule has 4 aromatic rings. The van der Waals surface area contributed by atoms with Gasteiger partial charge in [0.2, 0.25) is 0 Å². The number of ether oxygens (including phenoxy) is 1. The highest BCUT2D eigenvalue weighted by atomic mass is 79.9. The monoisotopic (exact) mass is 541 g/mol. The zero-order chi connectivity index (χ0) is 24.3. The van der Waals surface area contributed by atoms with Crippen LogP contribution in [0.4, 0.5) is 5.82 Å². The van der Waals surface area contributed by atoms with E-state index in [0.717, 1.165) is 11.3 Å². The normalized spacial score (nSPS) is 11.4. The lowest BCUT2D eigenvalue weighted by molar-refractivity contribution is 0.101. The van der Waals surface area contributed by atoms with E-state index in [0.29, 0.717) is 21.9 Å². The molecule has 7 nitrogen and oxygen atoms in total. The lowest BCUT2D eigenvalue weighted by atomic mass is 9.87. The maximum absolute atomic E-state index is 12.7. The summed E-state index contributed by atoms with van der Waals surface area (Å²) in [7, 11) is 0. The van der Waals surface area contributed by atoms with Gasteiger partial charge >= 0.3 is 0 Å². The molecule has 0 saturated carbocycles. The van der Waals surface area contributed by atoms with Gasteiger partial charge in [-0.15, -0.1) is 0 Å². The molecule has 0 fully saturated rings. The van der Waals surface area contributed by atoms with Gasteiger partial charge < -0.3 is 10.1 Å². The number of rotatable bonds is 7. The standard InChI is InChI=1S/C25H25BrClN5O2/c1-25(2,3)18-8-10-19(11-9-18)34-16-31-13-12-22(29-31)24(33)28-23-20(26)15-32(30-23)14-17-6-4-5-7-21(17)27/h4-13,15H,14,16H2,1-3H3,(H,28,30,33). The second kappa shape index (κ2) is 10.0. The molecule has 34 heavy (non-hydrogen) atoms.